The van der Waals surface area contributed by atoms with Crippen LogP contribution in [0.4, 0.5) is 11.4 Å². The van der Waals surface area contributed by atoms with E-state index in [0.29, 0.717) is 27.0 Å². The maximum Gasteiger partial charge on any atom is 0.312 e. The molecule has 2 N–H and O–H groups in total. The van der Waals surface area contributed by atoms with Crippen LogP contribution in [0, 0.1) is 10.1 Å². The number of hydrogen-bond acceptors (Lipinski definition) is 7. The van der Waals surface area contributed by atoms with E-state index in [1.807, 2.05) is 0 Å². The molecule has 0 aliphatic heterocycles. The van der Waals surface area contributed by atoms with Crippen molar-refractivity contribution in [2.45, 2.75) is 5.16 Å². The molecule has 0 unspecified atom stereocenters. The fourth-order valence-electron chi connectivity index (χ4n) is 2.17. The summed E-state index contributed by atoms with van der Waals surface area (Å²) in [7, 11) is 1.34. The molecule has 0 aliphatic carbocycles. The monoisotopic (exact) mass is 393 g/mol. The van der Waals surface area contributed by atoms with Gasteiger partial charge in [-0.05, 0) is 12.1 Å². The summed E-state index contributed by atoms with van der Waals surface area (Å²) in [5, 5.41) is 14.5. The fraction of sp³-hybridized carbons (Fsp3) is 0.133. The normalized spacial score (nSPS) is 10.7. The van der Waals surface area contributed by atoms with Crippen molar-refractivity contribution in [1.29, 1.82) is 0 Å². The van der Waals surface area contributed by atoms with Gasteiger partial charge in [0, 0.05) is 17.8 Å². The van der Waals surface area contributed by atoms with Gasteiger partial charge in [-0.1, -0.05) is 23.4 Å². The highest BCUT2D eigenvalue weighted by atomic mass is 35.5. The van der Waals surface area contributed by atoms with Gasteiger partial charge in [0.15, 0.2) is 10.9 Å². The standard InChI is InChI=1S/C15H12ClN5O4S/c1-25-12-3-2-8(4-11(12)21(23)24)18-14(22)7-26-15-19-9-5-13(16)17-6-10(9)20-15/h2-6H,7H2,1H3,(H,18,22)(H,19,20). The Kier molecular flexibility index (Phi) is 5.24. The van der Waals surface area contributed by atoms with E-state index >= 15 is 0 Å². The number of methoxy groups -OCH3 is 1. The summed E-state index contributed by atoms with van der Waals surface area (Å²) in [5.41, 5.74) is 1.45. The molecule has 0 fully saturated rings. The SMILES string of the molecule is COc1ccc(NC(=O)CSc2nc3cc(Cl)ncc3[nH]2)cc1[N+](=O)[O-]. The van der Waals surface area contributed by atoms with E-state index in [9.17, 15) is 14.9 Å². The molecule has 3 aromatic rings. The lowest BCUT2D eigenvalue weighted by Gasteiger charge is -2.06. The first-order chi connectivity index (χ1) is 12.5. The second-order valence-electron chi connectivity index (χ2n) is 5.05. The van der Waals surface area contributed by atoms with Crippen molar-refractivity contribution in [2.75, 3.05) is 18.2 Å². The number of hydrogen-bond donors (Lipinski definition) is 2. The molecule has 0 spiro atoms. The number of ether oxygens (including phenoxy) is 1. The van der Waals surface area contributed by atoms with E-state index in [4.69, 9.17) is 16.3 Å². The Morgan fingerprint density at radius 3 is 3.00 bits per heavy atom. The average Bonchev–Trinajstić information content (AvgIpc) is 3.01. The van der Waals surface area contributed by atoms with Crippen LogP contribution in [-0.4, -0.2) is 38.6 Å². The van der Waals surface area contributed by atoms with Gasteiger partial charge in [-0.15, -0.1) is 0 Å². The van der Waals surface area contributed by atoms with Gasteiger partial charge in [0.1, 0.15) is 5.15 Å². The molecule has 0 saturated carbocycles. The zero-order chi connectivity index (χ0) is 18.7. The summed E-state index contributed by atoms with van der Waals surface area (Å²) in [5.74, 6) is -0.135. The molecule has 0 atom stereocenters. The molecule has 1 amide bonds. The Labute approximate surface area is 156 Å². The molecule has 0 saturated heterocycles. The lowest BCUT2D eigenvalue weighted by atomic mass is 10.2. The number of amides is 1. The molecule has 9 nitrogen and oxygen atoms in total. The third-order valence-corrected chi connectivity index (χ3v) is 4.39. The topological polar surface area (TPSA) is 123 Å². The number of imidazole rings is 1. The lowest BCUT2D eigenvalue weighted by Crippen LogP contribution is -2.14. The Balaban J connectivity index is 1.65. The zero-order valence-corrected chi connectivity index (χ0v) is 14.9. The Hall–Kier alpha value is -2.85. The Morgan fingerprint density at radius 1 is 1.46 bits per heavy atom. The van der Waals surface area contributed by atoms with E-state index in [0.717, 1.165) is 0 Å². The molecule has 11 heteroatoms. The smallest absolute Gasteiger partial charge is 0.312 e. The maximum atomic E-state index is 12.1. The minimum atomic E-state index is -0.573. The van der Waals surface area contributed by atoms with Crippen LogP contribution in [0.15, 0.2) is 35.6 Å². The summed E-state index contributed by atoms with van der Waals surface area (Å²) in [6, 6.07) is 5.82. The summed E-state index contributed by atoms with van der Waals surface area (Å²) >= 11 is 7.00. The van der Waals surface area contributed by atoms with Crippen LogP contribution in [0.3, 0.4) is 0 Å². The number of anilines is 1. The van der Waals surface area contributed by atoms with Gasteiger partial charge < -0.3 is 15.0 Å². The number of nitrogens with one attached hydrogen (secondary N) is 2. The van der Waals surface area contributed by atoms with Crippen LogP contribution in [0.2, 0.25) is 5.15 Å². The molecule has 0 aliphatic rings. The number of pyridine rings is 1. The lowest BCUT2D eigenvalue weighted by molar-refractivity contribution is -0.385. The third-order valence-electron chi connectivity index (χ3n) is 3.31. The number of aromatic amines is 1. The zero-order valence-electron chi connectivity index (χ0n) is 13.4. The number of rotatable bonds is 6. The second kappa shape index (κ2) is 7.58. The predicted octanol–water partition coefficient (Wildman–Crippen LogP) is 3.26. The van der Waals surface area contributed by atoms with Gasteiger partial charge in [-0.3, -0.25) is 14.9 Å². The van der Waals surface area contributed by atoms with E-state index < -0.39 is 4.92 Å². The number of thioether (sulfide) groups is 1. The summed E-state index contributed by atoms with van der Waals surface area (Å²) in [4.78, 5) is 33.8. The molecular formula is C15H12ClN5O4S. The van der Waals surface area contributed by atoms with Crippen LogP contribution in [0.25, 0.3) is 11.0 Å². The molecule has 0 radical (unpaired) electrons. The van der Waals surface area contributed by atoms with E-state index in [1.54, 1.807) is 12.3 Å². The number of benzene rings is 1. The first kappa shape index (κ1) is 18.0. The Bertz CT molecular complexity index is 993. The first-order valence-corrected chi connectivity index (χ1v) is 8.59. The van der Waals surface area contributed by atoms with Crippen LogP contribution in [0.1, 0.15) is 0 Å². The van der Waals surface area contributed by atoms with Gasteiger partial charge in [0.2, 0.25) is 5.91 Å². The second-order valence-corrected chi connectivity index (χ2v) is 6.40. The molecule has 134 valence electrons. The van der Waals surface area contributed by atoms with Crippen molar-refractivity contribution in [1.82, 2.24) is 15.0 Å². The molecule has 0 bridgehead atoms. The van der Waals surface area contributed by atoms with E-state index in [-0.39, 0.29) is 23.1 Å². The fourth-order valence-corrected chi connectivity index (χ4v) is 3.01. The summed E-state index contributed by atoms with van der Waals surface area (Å²) in [6.07, 6.45) is 1.56. The van der Waals surface area contributed by atoms with E-state index in [1.165, 1.54) is 37.1 Å². The molecule has 3 rings (SSSR count). The quantitative estimate of drug-likeness (QED) is 0.285. The minimum Gasteiger partial charge on any atom is -0.490 e. The number of nitro groups is 1. The maximum absolute atomic E-state index is 12.1. The number of halogens is 1. The van der Waals surface area contributed by atoms with Gasteiger partial charge in [0.05, 0.1) is 35.0 Å². The van der Waals surface area contributed by atoms with Crippen LogP contribution in [0.5, 0.6) is 5.75 Å². The van der Waals surface area contributed by atoms with Crippen LogP contribution >= 0.6 is 23.4 Å². The molecule has 1 aromatic carbocycles. The number of nitrogens with zero attached hydrogens (tertiary/aromatic N) is 3. The number of aromatic nitrogens is 3. The largest absolute Gasteiger partial charge is 0.490 e. The molecule has 26 heavy (non-hydrogen) atoms. The highest BCUT2D eigenvalue weighted by molar-refractivity contribution is 7.99. The third kappa shape index (κ3) is 4.03. The van der Waals surface area contributed by atoms with Crippen molar-refractivity contribution in [2.24, 2.45) is 0 Å². The van der Waals surface area contributed by atoms with Gasteiger partial charge in [0.25, 0.3) is 0 Å². The van der Waals surface area contributed by atoms with Crippen molar-refractivity contribution < 1.29 is 14.5 Å². The summed E-state index contributed by atoms with van der Waals surface area (Å²) in [6.45, 7) is 0. The highest BCUT2D eigenvalue weighted by Crippen LogP contribution is 2.29. The Morgan fingerprint density at radius 2 is 2.27 bits per heavy atom. The summed E-state index contributed by atoms with van der Waals surface area (Å²) < 4.78 is 4.92. The number of nitro benzene ring substituents is 1. The number of carbonyl (C=O) groups is 1. The first-order valence-electron chi connectivity index (χ1n) is 7.22. The molecule has 2 aromatic heterocycles. The van der Waals surface area contributed by atoms with Crippen LogP contribution in [-0.2, 0) is 4.79 Å². The van der Waals surface area contributed by atoms with Gasteiger partial charge in [-0.25, -0.2) is 9.97 Å². The van der Waals surface area contributed by atoms with Crippen molar-refractivity contribution in [3.63, 3.8) is 0 Å². The van der Waals surface area contributed by atoms with Gasteiger partial charge >= 0.3 is 5.69 Å². The molecule has 2 heterocycles. The predicted molar refractivity (Wildman–Crippen MR) is 97.9 cm³/mol. The number of fused-ring (bicyclic) bond motifs is 1. The molecular weight excluding hydrogens is 382 g/mol. The number of H-pyrrole nitrogens is 1. The van der Waals surface area contributed by atoms with E-state index in [2.05, 4.69) is 20.3 Å². The van der Waals surface area contributed by atoms with Crippen molar-refractivity contribution in [3.8, 4) is 5.75 Å². The van der Waals surface area contributed by atoms with Crippen molar-refractivity contribution in [3.05, 3.63) is 45.7 Å². The number of carbonyl (C=O) groups excluding carboxylic acids is 1. The van der Waals surface area contributed by atoms with Crippen molar-refractivity contribution >= 4 is 51.7 Å². The minimum absolute atomic E-state index is 0.0702. The highest BCUT2D eigenvalue weighted by Gasteiger charge is 2.16. The average molecular weight is 394 g/mol. The van der Waals surface area contributed by atoms with Crippen LogP contribution < -0.4 is 10.1 Å². The van der Waals surface area contributed by atoms with Gasteiger partial charge in [-0.2, -0.15) is 0 Å².